The number of ether oxygens (including phenoxy) is 2. The van der Waals surface area contributed by atoms with E-state index in [4.69, 9.17) is 14.6 Å². The molecule has 0 bridgehead atoms. The number of hydrogen-bond donors (Lipinski definition) is 7. The van der Waals surface area contributed by atoms with Crippen LogP contribution in [0.25, 0.3) is 0 Å². The number of carbonyl (C=O) groups is 3. The highest BCUT2D eigenvalue weighted by Gasteiger charge is 2.53. The monoisotopic (exact) mass is 915 g/mol. The van der Waals surface area contributed by atoms with Crippen molar-refractivity contribution in [3.05, 3.63) is 76.6 Å². The Bertz CT molecular complexity index is 1960. The number of aliphatic hydroxyl groups excluding tert-OH is 6. The number of benzene rings is 1. The Morgan fingerprint density at radius 1 is 0.984 bits per heavy atom. The van der Waals surface area contributed by atoms with Gasteiger partial charge in [-0.2, -0.15) is 17.6 Å². The van der Waals surface area contributed by atoms with Gasteiger partial charge < -0.3 is 55.2 Å². The van der Waals surface area contributed by atoms with Crippen molar-refractivity contribution in [1.82, 2.24) is 25.1 Å². The first kappa shape index (κ1) is 50.5. The van der Waals surface area contributed by atoms with E-state index in [1.807, 2.05) is 0 Å². The van der Waals surface area contributed by atoms with Crippen molar-refractivity contribution < 1.29 is 76.4 Å². The minimum Gasteiger partial charge on any atom is -0.509 e. The van der Waals surface area contributed by atoms with E-state index in [9.17, 15) is 53.1 Å². The van der Waals surface area contributed by atoms with Crippen molar-refractivity contribution >= 4 is 17.7 Å². The lowest BCUT2D eigenvalue weighted by molar-refractivity contribution is -0.163. The summed E-state index contributed by atoms with van der Waals surface area (Å²) in [5.74, 6) is -7.01. The Kier molecular flexibility index (Phi) is 17.1. The third-order valence-electron chi connectivity index (χ3n) is 12.4. The standard InChI is InChI=1S/C43H58F5N5O11/c1-50(16-19-63-18-13-33(57)51(2)23-30(55)37(58)38(59)31(56)24-54)17-20-64-32-12-9-26(35(44)36(32)45)22-53-41(62)34(39(60)42(52(53)3)14-4-5-15-42)40(61)49-29-11-10-27(43(46,47)48)21-28(29)25-7-6-8-25/h6-7,9-12,21,25,28-31,37-38,54-56,58-60H,4-5,8,13-20,22-24H2,1-3H3,(H,49,61)/t25?,28?,29?,30-,31?,37+,38+/m0/s1. The minimum absolute atomic E-state index is 0.0182. The summed E-state index contributed by atoms with van der Waals surface area (Å²) < 4.78 is 83.0. The number of halogens is 5. The SMILES string of the molecule is CN(CCOCCC(=O)N(C)C[C@H](O)[C@@H](O)[C@H](O)C(O)CO)CCOc1ccc(CN2C(=O)C(C(=O)NC3C=CC(C(F)(F)F)=CC3C3C=CC3)=C(O)C3(CCCC3)N2C)c(F)c1F. The summed E-state index contributed by atoms with van der Waals surface area (Å²) in [5.41, 5.74) is -2.95. The van der Waals surface area contributed by atoms with Gasteiger partial charge in [-0.1, -0.05) is 49.3 Å². The molecule has 1 heterocycles. The Hall–Kier alpha value is -4.48. The van der Waals surface area contributed by atoms with E-state index in [0.29, 0.717) is 38.6 Å². The number of alkyl halides is 3. The normalized spacial score (nSPS) is 23.0. The minimum atomic E-state index is -4.61. The molecule has 1 fully saturated rings. The van der Waals surface area contributed by atoms with Crippen LogP contribution >= 0.6 is 0 Å². The zero-order valence-corrected chi connectivity index (χ0v) is 35.9. The number of likely N-dealkylation sites (N-methyl/N-ethyl adjacent to an activating group) is 3. The van der Waals surface area contributed by atoms with Crippen LogP contribution in [0.3, 0.4) is 0 Å². The first-order valence-corrected chi connectivity index (χ1v) is 21.1. The second kappa shape index (κ2) is 21.7. The van der Waals surface area contributed by atoms with Gasteiger partial charge in [0.2, 0.25) is 11.7 Å². The number of nitrogens with one attached hydrogen (secondary N) is 1. The molecule has 5 rings (SSSR count). The molecule has 1 spiro atoms. The van der Waals surface area contributed by atoms with Gasteiger partial charge in [-0.3, -0.25) is 19.4 Å². The van der Waals surface area contributed by atoms with Gasteiger partial charge in [-0.05, 0) is 38.3 Å². The third-order valence-corrected chi connectivity index (χ3v) is 12.4. The molecule has 3 aliphatic carbocycles. The molecule has 64 heavy (non-hydrogen) atoms. The molecule has 4 aliphatic rings. The molecular formula is C43H58F5N5O11. The summed E-state index contributed by atoms with van der Waals surface area (Å²) in [5, 5.41) is 64.9. The Morgan fingerprint density at radius 3 is 2.27 bits per heavy atom. The maximum Gasteiger partial charge on any atom is 0.416 e. The third kappa shape index (κ3) is 11.5. The number of hydrogen-bond acceptors (Lipinski definition) is 13. The summed E-state index contributed by atoms with van der Waals surface area (Å²) in [6.07, 6.45) is -2.46. The fourth-order valence-electron chi connectivity index (χ4n) is 8.23. The van der Waals surface area contributed by atoms with Crippen molar-refractivity contribution in [3.8, 4) is 5.75 Å². The molecule has 1 saturated carbocycles. The molecule has 356 valence electrons. The van der Waals surface area contributed by atoms with Crippen LogP contribution in [-0.4, -0.2) is 178 Å². The molecule has 7 atom stereocenters. The van der Waals surface area contributed by atoms with Crippen LogP contribution in [-0.2, 0) is 25.7 Å². The number of nitrogens with zero attached hydrogens (tertiary/aromatic N) is 4. The van der Waals surface area contributed by atoms with E-state index in [0.717, 1.165) is 22.1 Å². The Balaban J connectivity index is 1.13. The zero-order valence-electron chi connectivity index (χ0n) is 35.9. The molecule has 0 radical (unpaired) electrons. The van der Waals surface area contributed by atoms with Gasteiger partial charge in [0, 0.05) is 45.2 Å². The van der Waals surface area contributed by atoms with E-state index >= 15 is 8.78 Å². The maximum atomic E-state index is 15.7. The quantitative estimate of drug-likeness (QED) is 0.0405. The molecule has 0 saturated heterocycles. The van der Waals surface area contributed by atoms with Crippen LogP contribution in [0.4, 0.5) is 22.0 Å². The highest BCUT2D eigenvalue weighted by molar-refractivity contribution is 6.19. The molecule has 3 amide bonds. The molecule has 1 aromatic rings. The van der Waals surface area contributed by atoms with Crippen LogP contribution in [0.2, 0.25) is 0 Å². The predicted molar refractivity (Wildman–Crippen MR) is 219 cm³/mol. The molecule has 7 N–H and O–H groups in total. The number of amides is 3. The predicted octanol–water partition coefficient (Wildman–Crippen LogP) is 1.63. The molecule has 0 aromatic heterocycles. The highest BCUT2D eigenvalue weighted by Crippen LogP contribution is 2.45. The number of carbonyl (C=O) groups excluding carboxylic acids is 3. The molecule has 21 heteroatoms. The van der Waals surface area contributed by atoms with Gasteiger partial charge in [0.1, 0.15) is 42.4 Å². The van der Waals surface area contributed by atoms with Crippen LogP contribution in [0.1, 0.15) is 44.1 Å². The number of rotatable bonds is 21. The average molecular weight is 916 g/mol. The summed E-state index contributed by atoms with van der Waals surface area (Å²) in [4.78, 5) is 43.3. The lowest BCUT2D eigenvalue weighted by Gasteiger charge is -2.48. The van der Waals surface area contributed by atoms with Gasteiger partial charge >= 0.3 is 6.18 Å². The average Bonchev–Trinajstić information content (AvgIpc) is 3.74. The Morgan fingerprint density at radius 2 is 1.64 bits per heavy atom. The van der Waals surface area contributed by atoms with Gasteiger partial charge in [-0.15, -0.1) is 0 Å². The van der Waals surface area contributed by atoms with E-state index < -0.39 is 113 Å². The van der Waals surface area contributed by atoms with Gasteiger partial charge in [-0.25, -0.2) is 9.40 Å². The van der Waals surface area contributed by atoms with Gasteiger partial charge in [0.25, 0.3) is 11.8 Å². The van der Waals surface area contributed by atoms with E-state index in [-0.39, 0.29) is 50.8 Å². The van der Waals surface area contributed by atoms with Gasteiger partial charge in [0.15, 0.2) is 11.6 Å². The van der Waals surface area contributed by atoms with Crippen LogP contribution in [0, 0.1) is 23.5 Å². The molecule has 1 aromatic carbocycles. The van der Waals surface area contributed by atoms with Gasteiger partial charge in [0.05, 0.1) is 49.9 Å². The largest absolute Gasteiger partial charge is 0.509 e. The van der Waals surface area contributed by atoms with Crippen molar-refractivity contribution in [2.45, 2.75) is 87.2 Å². The fourth-order valence-corrected chi connectivity index (χ4v) is 8.23. The maximum absolute atomic E-state index is 15.7. The number of allylic oxidation sites excluding steroid dienone is 4. The molecule has 1 aliphatic heterocycles. The summed E-state index contributed by atoms with van der Waals surface area (Å²) in [6, 6.07) is 1.51. The van der Waals surface area contributed by atoms with E-state index in [1.54, 1.807) is 24.1 Å². The Labute approximate surface area is 367 Å². The van der Waals surface area contributed by atoms with Crippen LogP contribution < -0.4 is 10.1 Å². The zero-order chi connectivity index (χ0) is 47.1. The fraction of sp³-hybridized carbons (Fsp3) is 0.605. The number of aliphatic hydroxyl groups is 6. The smallest absolute Gasteiger partial charge is 0.416 e. The van der Waals surface area contributed by atoms with E-state index in [1.165, 1.54) is 37.3 Å². The molecule has 16 nitrogen and oxygen atoms in total. The van der Waals surface area contributed by atoms with Crippen molar-refractivity contribution in [2.24, 2.45) is 11.8 Å². The van der Waals surface area contributed by atoms with Crippen molar-refractivity contribution in [2.75, 3.05) is 67.2 Å². The van der Waals surface area contributed by atoms with Crippen LogP contribution in [0.15, 0.2) is 59.4 Å². The summed E-state index contributed by atoms with van der Waals surface area (Å²) in [6.45, 7) is -0.946. The summed E-state index contributed by atoms with van der Waals surface area (Å²) >= 11 is 0. The van der Waals surface area contributed by atoms with Crippen molar-refractivity contribution in [3.63, 3.8) is 0 Å². The second-order valence-electron chi connectivity index (χ2n) is 16.7. The topological polar surface area (TPSA) is 216 Å². The first-order chi connectivity index (χ1) is 30.2. The lowest BCUT2D eigenvalue weighted by atomic mass is 9.75. The molecule has 4 unspecified atom stereocenters. The summed E-state index contributed by atoms with van der Waals surface area (Å²) in [7, 11) is 4.60. The first-order valence-electron chi connectivity index (χ1n) is 21.1. The number of hydrazine groups is 1. The molecular weight excluding hydrogens is 857 g/mol. The van der Waals surface area contributed by atoms with Crippen molar-refractivity contribution in [1.29, 1.82) is 0 Å². The lowest BCUT2D eigenvalue weighted by Crippen LogP contribution is -2.62. The second-order valence-corrected chi connectivity index (χ2v) is 16.7. The highest BCUT2D eigenvalue weighted by atomic mass is 19.4. The van der Waals surface area contributed by atoms with Crippen LogP contribution in [0.5, 0.6) is 5.75 Å². The van der Waals surface area contributed by atoms with E-state index in [2.05, 4.69) is 5.32 Å².